The molecular weight excluding hydrogens is 388 g/mol. The predicted molar refractivity (Wildman–Crippen MR) is 67.6 cm³/mol. The zero-order valence-corrected chi connectivity index (χ0v) is 12.8. The Morgan fingerprint density at radius 1 is 0.947 bits per heavy atom. The Morgan fingerprint density at radius 2 is 1.47 bits per heavy atom. The summed E-state index contributed by atoms with van der Waals surface area (Å²) in [5.74, 6) is 0.937. The Labute approximate surface area is 125 Å². The van der Waals surface area contributed by atoms with Gasteiger partial charge in [-0.05, 0) is 63.0 Å². The summed E-state index contributed by atoms with van der Waals surface area (Å²) in [5, 5.41) is 0. The standard InChI is InChI=1S/C5H5BrO.C4H3BrO.2CO2/c1-4-2-3-5(6)7-4;5-4-2-1-3-6-4;2*2-1-3/h2-3H,1H3;1-3H;;. The van der Waals surface area contributed by atoms with Crippen molar-refractivity contribution < 1.29 is 28.0 Å². The minimum absolute atomic E-state index is 0.250. The van der Waals surface area contributed by atoms with Crippen LogP contribution in [0.15, 0.2) is 48.7 Å². The predicted octanol–water partition coefficient (Wildman–Crippen LogP) is 3.23. The van der Waals surface area contributed by atoms with Crippen molar-refractivity contribution in [2.45, 2.75) is 6.92 Å². The van der Waals surface area contributed by atoms with Gasteiger partial charge in [-0.2, -0.15) is 19.2 Å². The van der Waals surface area contributed by atoms with Gasteiger partial charge in [-0.15, -0.1) is 0 Å². The molecule has 0 saturated heterocycles. The van der Waals surface area contributed by atoms with E-state index in [1.165, 1.54) is 0 Å². The summed E-state index contributed by atoms with van der Waals surface area (Å²) in [4.78, 5) is 32.5. The van der Waals surface area contributed by atoms with Gasteiger partial charge in [-0.1, -0.05) is 0 Å². The van der Waals surface area contributed by atoms with E-state index in [2.05, 4.69) is 31.9 Å². The third kappa shape index (κ3) is 16.3. The summed E-state index contributed by atoms with van der Waals surface area (Å²) in [7, 11) is 0. The Hall–Kier alpha value is -1.72. The average molecular weight is 396 g/mol. The molecule has 0 fully saturated rings. The van der Waals surface area contributed by atoms with Crippen LogP contribution in [0.4, 0.5) is 0 Å². The number of carbonyl (C=O) groups excluding carboxylic acids is 4. The van der Waals surface area contributed by atoms with E-state index in [1.807, 2.05) is 31.2 Å². The molecule has 2 heterocycles. The molecule has 19 heavy (non-hydrogen) atoms. The first-order valence-corrected chi connectivity index (χ1v) is 5.99. The van der Waals surface area contributed by atoms with Crippen LogP contribution in [-0.4, -0.2) is 12.3 Å². The molecule has 0 amide bonds. The van der Waals surface area contributed by atoms with Gasteiger partial charge in [0.2, 0.25) is 0 Å². The van der Waals surface area contributed by atoms with Crippen molar-refractivity contribution in [1.82, 2.24) is 0 Å². The second-order valence-corrected chi connectivity index (χ2v) is 4.00. The maximum Gasteiger partial charge on any atom is 0.373 e. The van der Waals surface area contributed by atoms with Crippen molar-refractivity contribution in [3.8, 4) is 0 Å². The number of furan rings is 2. The molecule has 0 aliphatic rings. The van der Waals surface area contributed by atoms with E-state index in [1.54, 1.807) is 6.26 Å². The molecular formula is C11H8Br2O6. The van der Waals surface area contributed by atoms with Crippen molar-refractivity contribution in [1.29, 1.82) is 0 Å². The Balaban J connectivity index is 0. The van der Waals surface area contributed by atoms with Crippen molar-refractivity contribution in [3.05, 3.63) is 45.6 Å². The molecule has 0 radical (unpaired) electrons. The zero-order chi connectivity index (χ0) is 15.1. The van der Waals surface area contributed by atoms with E-state index < -0.39 is 0 Å². The van der Waals surface area contributed by atoms with E-state index in [9.17, 15) is 0 Å². The summed E-state index contributed by atoms with van der Waals surface area (Å²) in [5.41, 5.74) is 0. The van der Waals surface area contributed by atoms with E-state index in [4.69, 9.17) is 28.0 Å². The van der Waals surface area contributed by atoms with Gasteiger partial charge in [0.15, 0.2) is 9.34 Å². The van der Waals surface area contributed by atoms with Crippen LogP contribution in [-0.2, 0) is 19.2 Å². The first kappa shape index (κ1) is 19.6. The summed E-state index contributed by atoms with van der Waals surface area (Å²) < 4.78 is 11.3. The van der Waals surface area contributed by atoms with E-state index >= 15 is 0 Å². The average Bonchev–Trinajstić information content (AvgIpc) is 2.94. The molecule has 0 saturated carbocycles. The number of rotatable bonds is 0. The molecule has 0 spiro atoms. The maximum atomic E-state index is 8.12. The highest BCUT2D eigenvalue weighted by molar-refractivity contribution is 9.10. The fraction of sp³-hybridized carbons (Fsp3) is 0.0909. The van der Waals surface area contributed by atoms with Crippen LogP contribution in [0, 0.1) is 6.92 Å². The van der Waals surface area contributed by atoms with E-state index in [-0.39, 0.29) is 12.3 Å². The first-order chi connectivity index (χ1) is 9.01. The van der Waals surface area contributed by atoms with Gasteiger partial charge in [-0.25, -0.2) is 0 Å². The molecule has 2 aromatic heterocycles. The zero-order valence-electron chi connectivity index (χ0n) is 9.59. The number of hydrogen-bond donors (Lipinski definition) is 0. The third-order valence-corrected chi connectivity index (χ3v) is 2.07. The summed E-state index contributed by atoms with van der Waals surface area (Å²) in [6, 6.07) is 7.43. The van der Waals surface area contributed by atoms with E-state index in [0.29, 0.717) is 0 Å². The number of aryl methyl sites for hydroxylation is 1. The van der Waals surface area contributed by atoms with Gasteiger partial charge < -0.3 is 8.83 Å². The Kier molecular flexibility index (Phi) is 14.8. The van der Waals surface area contributed by atoms with Crippen LogP contribution in [0.3, 0.4) is 0 Å². The van der Waals surface area contributed by atoms with E-state index in [0.717, 1.165) is 15.1 Å². The monoisotopic (exact) mass is 394 g/mol. The molecule has 2 rings (SSSR count). The first-order valence-electron chi connectivity index (χ1n) is 4.41. The lowest BCUT2D eigenvalue weighted by Crippen LogP contribution is -1.49. The van der Waals surface area contributed by atoms with Gasteiger partial charge in [0.05, 0.1) is 6.26 Å². The third-order valence-electron chi connectivity index (χ3n) is 1.19. The van der Waals surface area contributed by atoms with Gasteiger partial charge in [0.1, 0.15) is 5.76 Å². The quantitative estimate of drug-likeness (QED) is 0.679. The molecule has 102 valence electrons. The van der Waals surface area contributed by atoms with Gasteiger partial charge in [-0.3, -0.25) is 0 Å². The molecule has 0 unspecified atom stereocenters. The number of hydrogen-bond acceptors (Lipinski definition) is 6. The molecule has 2 aromatic rings. The van der Waals surface area contributed by atoms with Crippen LogP contribution in [0.5, 0.6) is 0 Å². The van der Waals surface area contributed by atoms with Gasteiger partial charge >= 0.3 is 12.3 Å². The minimum atomic E-state index is 0.250. The fourth-order valence-electron chi connectivity index (χ4n) is 0.663. The molecule has 8 heteroatoms. The number of halogens is 2. The highest BCUT2D eigenvalue weighted by Gasteiger charge is 1.87. The second-order valence-electron chi connectivity index (χ2n) is 2.43. The molecule has 0 N–H and O–H groups in total. The topological polar surface area (TPSA) is 94.6 Å². The van der Waals surface area contributed by atoms with Gasteiger partial charge in [0.25, 0.3) is 0 Å². The Morgan fingerprint density at radius 3 is 1.58 bits per heavy atom. The molecule has 0 atom stereocenters. The van der Waals surface area contributed by atoms with Gasteiger partial charge in [0, 0.05) is 0 Å². The lowest BCUT2D eigenvalue weighted by atomic mass is 10.5. The van der Waals surface area contributed by atoms with Crippen molar-refractivity contribution in [2.24, 2.45) is 0 Å². The lowest BCUT2D eigenvalue weighted by Gasteiger charge is -1.74. The fourth-order valence-corrected chi connectivity index (χ4v) is 1.31. The highest BCUT2D eigenvalue weighted by atomic mass is 79.9. The summed E-state index contributed by atoms with van der Waals surface area (Å²) in [6.07, 6.45) is 2.12. The van der Waals surface area contributed by atoms with Crippen LogP contribution < -0.4 is 0 Å². The van der Waals surface area contributed by atoms with Crippen LogP contribution >= 0.6 is 31.9 Å². The van der Waals surface area contributed by atoms with Crippen LogP contribution in [0.25, 0.3) is 0 Å². The normalized spacial score (nSPS) is 7.11. The largest absolute Gasteiger partial charge is 0.458 e. The lowest BCUT2D eigenvalue weighted by molar-refractivity contribution is -0.193. The Bertz CT molecular complexity index is 462. The molecule has 6 nitrogen and oxygen atoms in total. The SMILES string of the molecule is Brc1ccco1.Cc1ccc(Br)o1.O=C=O.O=C=O. The summed E-state index contributed by atoms with van der Waals surface area (Å²) in [6.45, 7) is 1.91. The maximum absolute atomic E-state index is 8.12. The molecule has 0 aromatic carbocycles. The second kappa shape index (κ2) is 14.3. The smallest absolute Gasteiger partial charge is 0.373 e. The minimum Gasteiger partial charge on any atom is -0.458 e. The molecule has 0 aliphatic carbocycles. The van der Waals surface area contributed by atoms with Crippen molar-refractivity contribution in [2.75, 3.05) is 0 Å². The van der Waals surface area contributed by atoms with Crippen LogP contribution in [0.2, 0.25) is 0 Å². The van der Waals surface area contributed by atoms with Crippen molar-refractivity contribution >= 4 is 44.2 Å². The van der Waals surface area contributed by atoms with Crippen LogP contribution in [0.1, 0.15) is 5.76 Å². The van der Waals surface area contributed by atoms with Crippen molar-refractivity contribution in [3.63, 3.8) is 0 Å². The molecule has 0 bridgehead atoms. The summed E-state index contributed by atoms with van der Waals surface area (Å²) >= 11 is 6.28. The highest BCUT2D eigenvalue weighted by Crippen LogP contribution is 2.11. The molecule has 0 aliphatic heterocycles.